The molecule has 4 nitrogen and oxygen atoms in total. The summed E-state index contributed by atoms with van der Waals surface area (Å²) in [5.41, 5.74) is 0.136. The average molecular weight is 281 g/mol. The molecule has 0 N–H and O–H groups in total. The number of amides is 1. The minimum absolute atomic E-state index is 0.0744. The van der Waals surface area contributed by atoms with E-state index in [0.29, 0.717) is 18.5 Å². The summed E-state index contributed by atoms with van der Waals surface area (Å²) >= 11 is 1.48. The van der Waals surface area contributed by atoms with Crippen molar-refractivity contribution in [1.29, 1.82) is 0 Å². The summed E-state index contributed by atoms with van der Waals surface area (Å²) in [7, 11) is 0. The Morgan fingerprint density at radius 2 is 2.16 bits per heavy atom. The van der Waals surface area contributed by atoms with E-state index < -0.39 is 11.6 Å². The third kappa shape index (κ3) is 3.35. The van der Waals surface area contributed by atoms with Crippen molar-refractivity contribution in [1.82, 2.24) is 4.90 Å². The van der Waals surface area contributed by atoms with Crippen LogP contribution in [0, 0.1) is 0 Å². The van der Waals surface area contributed by atoms with Crippen molar-refractivity contribution < 1.29 is 14.3 Å². The highest BCUT2D eigenvalue weighted by Gasteiger charge is 2.37. The molecule has 104 valence electrons. The van der Waals surface area contributed by atoms with Gasteiger partial charge in [0.1, 0.15) is 11.6 Å². The number of hydrogen-bond donors (Lipinski definition) is 0. The highest BCUT2D eigenvalue weighted by atomic mass is 32.1. The number of carbonyl (C=O) groups excluding carboxylic acids is 2. The molecule has 1 fully saturated rings. The molecule has 0 unspecified atom stereocenters. The lowest BCUT2D eigenvalue weighted by Crippen LogP contribution is -2.43. The Morgan fingerprint density at radius 3 is 2.74 bits per heavy atom. The van der Waals surface area contributed by atoms with Gasteiger partial charge in [0.15, 0.2) is 0 Å². The third-order valence-electron chi connectivity index (χ3n) is 2.96. The second-order valence-electron chi connectivity index (χ2n) is 5.70. The minimum atomic E-state index is -0.517. The molecule has 1 aromatic rings. The van der Waals surface area contributed by atoms with Gasteiger partial charge in [0.05, 0.1) is 5.56 Å². The van der Waals surface area contributed by atoms with Crippen LogP contribution in [0.4, 0.5) is 0 Å². The van der Waals surface area contributed by atoms with Crippen LogP contribution in [-0.4, -0.2) is 35.0 Å². The Morgan fingerprint density at radius 1 is 1.42 bits per heavy atom. The smallest absolute Gasteiger partial charge is 0.329 e. The molecule has 5 heteroatoms. The Labute approximate surface area is 117 Å². The van der Waals surface area contributed by atoms with Crippen molar-refractivity contribution in [3.05, 3.63) is 22.4 Å². The molecule has 1 atom stereocenters. The number of rotatable bonds is 2. The summed E-state index contributed by atoms with van der Waals surface area (Å²) in [5, 5.41) is 3.68. The Bertz CT molecular complexity index is 462. The predicted octanol–water partition coefficient (Wildman–Crippen LogP) is 2.69. The van der Waals surface area contributed by atoms with E-state index >= 15 is 0 Å². The van der Waals surface area contributed by atoms with Crippen LogP contribution in [0.25, 0.3) is 0 Å². The second kappa shape index (κ2) is 5.33. The van der Waals surface area contributed by atoms with Crippen LogP contribution in [0.1, 0.15) is 44.0 Å². The van der Waals surface area contributed by atoms with Crippen LogP contribution in [0.5, 0.6) is 0 Å². The molecule has 0 bridgehead atoms. The van der Waals surface area contributed by atoms with Crippen molar-refractivity contribution in [2.45, 2.75) is 45.3 Å². The standard InChI is InChI=1S/C14H19NO3S/c1-14(2,3)18-13(17)11-5-4-7-15(11)12(16)10-6-8-19-9-10/h6,8-9,11H,4-5,7H2,1-3H3/t11-/m1/s1. The number of esters is 1. The maximum atomic E-state index is 12.3. The van der Waals surface area contributed by atoms with E-state index in [1.54, 1.807) is 11.0 Å². The molecule has 1 aromatic heterocycles. The highest BCUT2D eigenvalue weighted by Crippen LogP contribution is 2.23. The van der Waals surface area contributed by atoms with Crippen molar-refractivity contribution in [2.24, 2.45) is 0 Å². The summed E-state index contributed by atoms with van der Waals surface area (Å²) < 4.78 is 5.39. The Hall–Kier alpha value is -1.36. The first-order chi connectivity index (χ1) is 8.88. The molecule has 2 rings (SSSR count). The van der Waals surface area contributed by atoms with Gasteiger partial charge in [-0.05, 0) is 45.1 Å². The highest BCUT2D eigenvalue weighted by molar-refractivity contribution is 7.08. The number of nitrogens with zero attached hydrogens (tertiary/aromatic N) is 1. The molecule has 1 aliphatic rings. The predicted molar refractivity (Wildman–Crippen MR) is 74.2 cm³/mol. The van der Waals surface area contributed by atoms with E-state index in [-0.39, 0.29) is 11.9 Å². The molecule has 0 spiro atoms. The van der Waals surface area contributed by atoms with Gasteiger partial charge in [-0.1, -0.05) is 0 Å². The number of thiophene rings is 1. The molecule has 0 radical (unpaired) electrons. The Kier molecular flexibility index (Phi) is 3.94. The van der Waals surface area contributed by atoms with Crippen LogP contribution in [-0.2, 0) is 9.53 Å². The van der Waals surface area contributed by atoms with Gasteiger partial charge in [0.25, 0.3) is 5.91 Å². The summed E-state index contributed by atoms with van der Waals surface area (Å²) in [5.74, 6) is -0.372. The number of hydrogen-bond acceptors (Lipinski definition) is 4. The second-order valence-corrected chi connectivity index (χ2v) is 6.48. The van der Waals surface area contributed by atoms with Gasteiger partial charge in [0, 0.05) is 11.9 Å². The largest absolute Gasteiger partial charge is 0.458 e. The minimum Gasteiger partial charge on any atom is -0.458 e. The van der Waals surface area contributed by atoms with Gasteiger partial charge in [0.2, 0.25) is 0 Å². The van der Waals surface area contributed by atoms with Crippen molar-refractivity contribution in [2.75, 3.05) is 6.54 Å². The number of ether oxygens (including phenoxy) is 1. The Balaban J connectivity index is 2.09. The van der Waals surface area contributed by atoms with Crippen LogP contribution in [0.2, 0.25) is 0 Å². The SMILES string of the molecule is CC(C)(C)OC(=O)[C@H]1CCCN1C(=O)c1ccsc1. The van der Waals surface area contributed by atoms with Crippen molar-refractivity contribution in [3.8, 4) is 0 Å². The zero-order chi connectivity index (χ0) is 14.0. The number of carbonyl (C=O) groups is 2. The van der Waals surface area contributed by atoms with E-state index in [1.807, 2.05) is 31.5 Å². The summed E-state index contributed by atoms with van der Waals surface area (Å²) in [6.45, 7) is 6.14. The lowest BCUT2D eigenvalue weighted by atomic mass is 10.1. The van der Waals surface area contributed by atoms with E-state index in [9.17, 15) is 9.59 Å². The van der Waals surface area contributed by atoms with Gasteiger partial charge < -0.3 is 9.64 Å². The van der Waals surface area contributed by atoms with Gasteiger partial charge in [-0.15, -0.1) is 0 Å². The first-order valence-corrected chi connectivity index (χ1v) is 7.39. The van der Waals surface area contributed by atoms with Gasteiger partial charge in [-0.2, -0.15) is 11.3 Å². The van der Waals surface area contributed by atoms with Crippen molar-refractivity contribution in [3.63, 3.8) is 0 Å². The number of likely N-dealkylation sites (tertiary alicyclic amines) is 1. The molecule has 1 amide bonds. The first-order valence-electron chi connectivity index (χ1n) is 6.44. The zero-order valence-electron chi connectivity index (χ0n) is 11.5. The fourth-order valence-corrected chi connectivity index (χ4v) is 2.81. The molecule has 1 aliphatic heterocycles. The van der Waals surface area contributed by atoms with Gasteiger partial charge in [-0.3, -0.25) is 4.79 Å². The summed E-state index contributed by atoms with van der Waals surface area (Å²) in [4.78, 5) is 26.1. The molecule has 2 heterocycles. The summed E-state index contributed by atoms with van der Waals surface area (Å²) in [6.07, 6.45) is 1.53. The van der Waals surface area contributed by atoms with Crippen LogP contribution >= 0.6 is 11.3 Å². The lowest BCUT2D eigenvalue weighted by molar-refractivity contribution is -0.159. The molecule has 0 aliphatic carbocycles. The normalized spacial score (nSPS) is 19.5. The zero-order valence-corrected chi connectivity index (χ0v) is 12.3. The van der Waals surface area contributed by atoms with Crippen LogP contribution < -0.4 is 0 Å². The molecular formula is C14H19NO3S. The topological polar surface area (TPSA) is 46.6 Å². The fourth-order valence-electron chi connectivity index (χ4n) is 2.18. The molecule has 0 aromatic carbocycles. The average Bonchev–Trinajstić information content (AvgIpc) is 2.97. The van der Waals surface area contributed by atoms with Gasteiger partial charge >= 0.3 is 5.97 Å². The quantitative estimate of drug-likeness (QED) is 0.783. The molecular weight excluding hydrogens is 262 g/mol. The van der Waals surface area contributed by atoms with E-state index in [0.717, 1.165) is 6.42 Å². The summed E-state index contributed by atoms with van der Waals surface area (Å²) in [6, 6.07) is 1.35. The fraction of sp³-hybridized carbons (Fsp3) is 0.571. The van der Waals surface area contributed by atoms with E-state index in [4.69, 9.17) is 4.74 Å². The third-order valence-corrected chi connectivity index (χ3v) is 3.64. The first kappa shape index (κ1) is 14.1. The van der Waals surface area contributed by atoms with E-state index in [2.05, 4.69) is 0 Å². The molecule has 1 saturated heterocycles. The molecule has 19 heavy (non-hydrogen) atoms. The van der Waals surface area contributed by atoms with Gasteiger partial charge in [-0.25, -0.2) is 4.79 Å². The van der Waals surface area contributed by atoms with E-state index in [1.165, 1.54) is 11.3 Å². The maximum Gasteiger partial charge on any atom is 0.329 e. The van der Waals surface area contributed by atoms with Crippen LogP contribution in [0.15, 0.2) is 16.8 Å². The monoisotopic (exact) mass is 281 g/mol. The maximum absolute atomic E-state index is 12.3. The van der Waals surface area contributed by atoms with Crippen LogP contribution in [0.3, 0.4) is 0 Å². The molecule has 0 saturated carbocycles. The lowest BCUT2D eigenvalue weighted by Gasteiger charge is -2.27. The van der Waals surface area contributed by atoms with Crippen molar-refractivity contribution >= 4 is 23.2 Å².